The molecule has 2 atom stereocenters. The lowest BCUT2D eigenvalue weighted by Crippen LogP contribution is -2.69. The predicted octanol–water partition coefficient (Wildman–Crippen LogP) is 1.07. The Kier molecular flexibility index (Phi) is 4.13. The smallest absolute Gasteiger partial charge is 0.246 e. The molecule has 2 aliphatic heterocycles. The third-order valence-electron chi connectivity index (χ3n) is 4.17. The van der Waals surface area contributed by atoms with Crippen molar-refractivity contribution in [2.24, 2.45) is 0 Å². The normalized spacial score (nSPS) is 31.2. The van der Waals surface area contributed by atoms with E-state index in [1.807, 2.05) is 6.92 Å². The fourth-order valence-corrected chi connectivity index (χ4v) is 2.73. The van der Waals surface area contributed by atoms with E-state index in [9.17, 15) is 9.59 Å². The van der Waals surface area contributed by atoms with Crippen LogP contribution in [0.15, 0.2) is 0 Å². The number of hydrogen-bond donors (Lipinski definition) is 1. The molecule has 2 saturated heterocycles. The van der Waals surface area contributed by atoms with Crippen molar-refractivity contribution in [1.82, 2.24) is 10.2 Å². The Morgan fingerprint density at radius 3 is 2.68 bits per heavy atom. The molecule has 0 bridgehead atoms. The molecule has 2 rings (SSSR count). The lowest BCUT2D eigenvalue weighted by molar-refractivity contribution is -0.158. The molecule has 1 N–H and O–H groups in total. The van der Waals surface area contributed by atoms with Gasteiger partial charge in [0, 0.05) is 13.2 Å². The minimum atomic E-state index is -0.788. The molecule has 2 amide bonds. The molecule has 0 radical (unpaired) electrons. The van der Waals surface area contributed by atoms with Crippen LogP contribution >= 0.6 is 0 Å². The number of ether oxygens (including phenoxy) is 1. The number of carbonyl (C=O) groups excluding carboxylic acids is 2. The monoisotopic (exact) mass is 268 g/mol. The highest BCUT2D eigenvalue weighted by atomic mass is 16.5. The van der Waals surface area contributed by atoms with E-state index in [0.717, 1.165) is 25.9 Å². The number of carbonyl (C=O) groups is 2. The molecule has 2 aliphatic rings. The Morgan fingerprint density at radius 2 is 2.11 bits per heavy atom. The fourth-order valence-electron chi connectivity index (χ4n) is 2.73. The third kappa shape index (κ3) is 2.76. The van der Waals surface area contributed by atoms with E-state index >= 15 is 0 Å². The van der Waals surface area contributed by atoms with Crippen LogP contribution in [0.1, 0.15) is 46.5 Å². The second kappa shape index (κ2) is 5.49. The molecule has 0 aromatic heterocycles. The van der Waals surface area contributed by atoms with Crippen LogP contribution in [0.5, 0.6) is 0 Å². The van der Waals surface area contributed by atoms with Crippen molar-refractivity contribution >= 4 is 11.8 Å². The molecule has 2 fully saturated rings. The first-order chi connectivity index (χ1) is 8.96. The maximum Gasteiger partial charge on any atom is 0.246 e. The summed E-state index contributed by atoms with van der Waals surface area (Å²) in [5.41, 5.74) is -0.788. The van der Waals surface area contributed by atoms with Crippen LogP contribution in [0.3, 0.4) is 0 Å². The SMILES string of the molecule is CCC1NC(=O)C(C)(C)N(CC2CCCCO2)C1=O. The summed E-state index contributed by atoms with van der Waals surface area (Å²) >= 11 is 0. The van der Waals surface area contributed by atoms with Gasteiger partial charge in [0.2, 0.25) is 11.8 Å². The van der Waals surface area contributed by atoms with Gasteiger partial charge in [-0.05, 0) is 39.5 Å². The van der Waals surface area contributed by atoms with E-state index in [0.29, 0.717) is 13.0 Å². The molecule has 0 spiro atoms. The van der Waals surface area contributed by atoms with E-state index in [-0.39, 0.29) is 24.0 Å². The first-order valence-corrected chi connectivity index (χ1v) is 7.21. The number of nitrogens with one attached hydrogen (secondary N) is 1. The highest BCUT2D eigenvalue weighted by molar-refractivity contribution is 5.99. The Hall–Kier alpha value is -1.10. The highest BCUT2D eigenvalue weighted by Crippen LogP contribution is 2.24. The second-order valence-electron chi connectivity index (χ2n) is 5.93. The average molecular weight is 268 g/mol. The van der Waals surface area contributed by atoms with Crippen molar-refractivity contribution in [3.05, 3.63) is 0 Å². The summed E-state index contributed by atoms with van der Waals surface area (Å²) in [6.45, 7) is 6.80. The molecular weight excluding hydrogens is 244 g/mol. The molecule has 0 aliphatic carbocycles. The largest absolute Gasteiger partial charge is 0.376 e. The van der Waals surface area contributed by atoms with Crippen LogP contribution < -0.4 is 5.32 Å². The van der Waals surface area contributed by atoms with Gasteiger partial charge >= 0.3 is 0 Å². The van der Waals surface area contributed by atoms with Gasteiger partial charge in [-0.2, -0.15) is 0 Å². The van der Waals surface area contributed by atoms with Crippen molar-refractivity contribution in [1.29, 1.82) is 0 Å². The predicted molar refractivity (Wildman–Crippen MR) is 71.6 cm³/mol. The summed E-state index contributed by atoms with van der Waals surface area (Å²) in [5, 5.41) is 2.80. The van der Waals surface area contributed by atoms with Gasteiger partial charge in [0.25, 0.3) is 0 Å². The molecule has 5 nitrogen and oxygen atoms in total. The third-order valence-corrected chi connectivity index (χ3v) is 4.17. The van der Waals surface area contributed by atoms with Gasteiger partial charge in [-0.3, -0.25) is 9.59 Å². The minimum Gasteiger partial charge on any atom is -0.376 e. The van der Waals surface area contributed by atoms with E-state index in [2.05, 4.69) is 5.32 Å². The molecule has 19 heavy (non-hydrogen) atoms. The van der Waals surface area contributed by atoms with E-state index in [1.54, 1.807) is 18.7 Å². The standard InChI is InChI=1S/C14H24N2O3/c1-4-11-12(17)16(14(2,3)13(18)15-11)9-10-7-5-6-8-19-10/h10-11H,4-9H2,1-3H3,(H,15,18). The molecule has 0 saturated carbocycles. The Morgan fingerprint density at radius 1 is 1.37 bits per heavy atom. The summed E-state index contributed by atoms with van der Waals surface area (Å²) in [4.78, 5) is 26.3. The van der Waals surface area contributed by atoms with Gasteiger partial charge in [-0.25, -0.2) is 0 Å². The van der Waals surface area contributed by atoms with E-state index in [1.165, 1.54) is 0 Å². The Labute approximate surface area is 114 Å². The number of piperazine rings is 1. The lowest BCUT2D eigenvalue weighted by atomic mass is 9.93. The molecule has 0 aromatic rings. The molecular formula is C14H24N2O3. The van der Waals surface area contributed by atoms with Crippen LogP contribution in [0.4, 0.5) is 0 Å². The molecule has 108 valence electrons. The van der Waals surface area contributed by atoms with E-state index in [4.69, 9.17) is 4.74 Å². The summed E-state index contributed by atoms with van der Waals surface area (Å²) in [6, 6.07) is -0.385. The number of nitrogens with zero attached hydrogens (tertiary/aromatic N) is 1. The maximum atomic E-state index is 12.4. The van der Waals surface area contributed by atoms with Crippen molar-refractivity contribution in [2.45, 2.75) is 64.1 Å². The van der Waals surface area contributed by atoms with Crippen LogP contribution in [0, 0.1) is 0 Å². The van der Waals surface area contributed by atoms with Crippen LogP contribution in [0.25, 0.3) is 0 Å². The molecule has 0 aromatic carbocycles. The van der Waals surface area contributed by atoms with Gasteiger partial charge in [0.1, 0.15) is 11.6 Å². The maximum absolute atomic E-state index is 12.4. The Balaban J connectivity index is 2.12. The molecule has 2 unspecified atom stereocenters. The number of hydrogen-bond acceptors (Lipinski definition) is 3. The van der Waals surface area contributed by atoms with Gasteiger partial charge in [-0.1, -0.05) is 6.92 Å². The van der Waals surface area contributed by atoms with Crippen LogP contribution in [-0.4, -0.2) is 47.6 Å². The topological polar surface area (TPSA) is 58.6 Å². The van der Waals surface area contributed by atoms with Crippen LogP contribution in [0.2, 0.25) is 0 Å². The quantitative estimate of drug-likeness (QED) is 0.833. The van der Waals surface area contributed by atoms with Gasteiger partial charge in [0.15, 0.2) is 0 Å². The summed E-state index contributed by atoms with van der Waals surface area (Å²) in [5.74, 6) is -0.0592. The lowest BCUT2D eigenvalue weighted by Gasteiger charge is -2.45. The van der Waals surface area contributed by atoms with Gasteiger partial charge < -0.3 is 15.0 Å². The zero-order chi connectivity index (χ0) is 14.0. The average Bonchev–Trinajstić information content (AvgIpc) is 2.40. The number of rotatable bonds is 3. The first kappa shape index (κ1) is 14.3. The van der Waals surface area contributed by atoms with Crippen molar-refractivity contribution < 1.29 is 14.3 Å². The van der Waals surface area contributed by atoms with E-state index < -0.39 is 5.54 Å². The highest BCUT2D eigenvalue weighted by Gasteiger charge is 2.46. The first-order valence-electron chi connectivity index (χ1n) is 7.21. The minimum absolute atomic E-state index is 0.0151. The van der Waals surface area contributed by atoms with Gasteiger partial charge in [0.05, 0.1) is 6.10 Å². The molecule has 5 heteroatoms. The molecule has 2 heterocycles. The second-order valence-corrected chi connectivity index (χ2v) is 5.93. The zero-order valence-corrected chi connectivity index (χ0v) is 12.1. The summed E-state index contributed by atoms with van der Waals surface area (Å²) in [6.07, 6.45) is 3.89. The zero-order valence-electron chi connectivity index (χ0n) is 12.1. The van der Waals surface area contributed by atoms with Crippen molar-refractivity contribution in [3.63, 3.8) is 0 Å². The van der Waals surface area contributed by atoms with Crippen molar-refractivity contribution in [2.75, 3.05) is 13.2 Å². The van der Waals surface area contributed by atoms with Gasteiger partial charge in [-0.15, -0.1) is 0 Å². The fraction of sp³-hybridized carbons (Fsp3) is 0.857. The van der Waals surface area contributed by atoms with Crippen LogP contribution in [-0.2, 0) is 14.3 Å². The summed E-state index contributed by atoms with van der Waals surface area (Å²) < 4.78 is 5.70. The Bertz CT molecular complexity index is 362. The van der Waals surface area contributed by atoms with Crippen molar-refractivity contribution in [3.8, 4) is 0 Å². The number of amides is 2. The summed E-state index contributed by atoms with van der Waals surface area (Å²) in [7, 11) is 0.